The van der Waals surface area contributed by atoms with Crippen molar-refractivity contribution >= 4 is 12.0 Å². The van der Waals surface area contributed by atoms with Gasteiger partial charge in [-0.3, -0.25) is 4.79 Å². The molecule has 0 saturated heterocycles. The minimum absolute atomic E-state index is 0.0156. The highest BCUT2D eigenvalue weighted by molar-refractivity contribution is 5.77. The van der Waals surface area contributed by atoms with Crippen LogP contribution in [0.15, 0.2) is 12.1 Å². The number of carbonyl (C=O) groups is 2. The number of ether oxygens (including phenoxy) is 3. The molecule has 30 heavy (non-hydrogen) atoms. The van der Waals surface area contributed by atoms with Crippen LogP contribution in [0.4, 0.5) is 4.79 Å². The zero-order valence-electron chi connectivity index (χ0n) is 18.8. The number of fused-ring (bicyclic) bond motifs is 3. The van der Waals surface area contributed by atoms with Gasteiger partial charge in [0.05, 0.1) is 14.2 Å². The van der Waals surface area contributed by atoms with Crippen LogP contribution >= 0.6 is 0 Å². The molecule has 7 nitrogen and oxygen atoms in total. The van der Waals surface area contributed by atoms with E-state index in [1.54, 1.807) is 14.2 Å². The van der Waals surface area contributed by atoms with Gasteiger partial charge in [-0.2, -0.15) is 0 Å². The van der Waals surface area contributed by atoms with E-state index in [1.165, 1.54) is 5.56 Å². The van der Waals surface area contributed by atoms with Gasteiger partial charge in [0.1, 0.15) is 5.60 Å². The lowest BCUT2D eigenvalue weighted by Gasteiger charge is -2.29. The van der Waals surface area contributed by atoms with Crippen molar-refractivity contribution in [1.82, 2.24) is 10.6 Å². The summed E-state index contributed by atoms with van der Waals surface area (Å²) < 4.78 is 16.5. The van der Waals surface area contributed by atoms with E-state index in [-0.39, 0.29) is 29.7 Å². The lowest BCUT2D eigenvalue weighted by molar-refractivity contribution is -0.122. The highest BCUT2D eigenvalue weighted by Crippen LogP contribution is 2.48. The molecular weight excluding hydrogens is 384 g/mol. The van der Waals surface area contributed by atoms with Gasteiger partial charge in [0, 0.05) is 19.0 Å². The van der Waals surface area contributed by atoms with Gasteiger partial charge in [-0.25, -0.2) is 4.79 Å². The summed E-state index contributed by atoms with van der Waals surface area (Å²) in [5, 5.41) is 6.07. The molecule has 0 bridgehead atoms. The van der Waals surface area contributed by atoms with Gasteiger partial charge < -0.3 is 24.8 Å². The van der Waals surface area contributed by atoms with Crippen molar-refractivity contribution in [2.24, 2.45) is 11.8 Å². The summed E-state index contributed by atoms with van der Waals surface area (Å²) in [6.07, 6.45) is 1.53. The van der Waals surface area contributed by atoms with Crippen molar-refractivity contribution in [3.05, 3.63) is 23.3 Å². The van der Waals surface area contributed by atoms with Crippen LogP contribution in [0.5, 0.6) is 11.5 Å². The second-order valence-electron chi connectivity index (χ2n) is 9.37. The minimum Gasteiger partial charge on any atom is -0.493 e. The standard InChI is InChI=1S/C23H34N2O5/c1-13-9-16-15-11-19(29-6)18(28-5)10-14(15)7-8-24-20(26)12-17(16)21(13)25-22(27)30-23(2,3)4/h10-11,13,16-17,21H,7-9,12H2,1-6H3,(H,24,26)(H,25,27)/t13-,16+,17+,21+/m0/s1. The third kappa shape index (κ3) is 4.82. The molecule has 2 N–H and O–H groups in total. The van der Waals surface area contributed by atoms with Crippen LogP contribution < -0.4 is 20.1 Å². The number of benzene rings is 1. The molecule has 7 heteroatoms. The molecule has 0 unspecified atom stereocenters. The van der Waals surface area contributed by atoms with Crippen LogP contribution in [0, 0.1) is 11.8 Å². The molecule has 3 rings (SSSR count). The van der Waals surface area contributed by atoms with Crippen molar-refractivity contribution < 1.29 is 23.8 Å². The third-order valence-corrected chi connectivity index (χ3v) is 6.08. The molecule has 2 aliphatic rings. The average Bonchev–Trinajstić information content (AvgIpc) is 2.97. The van der Waals surface area contributed by atoms with E-state index in [1.807, 2.05) is 32.9 Å². The molecular formula is C23H34N2O5. The second kappa shape index (κ2) is 8.74. The summed E-state index contributed by atoms with van der Waals surface area (Å²) in [5.41, 5.74) is 1.75. The molecule has 2 amide bonds. The predicted octanol–water partition coefficient (Wildman–Crippen LogP) is 3.40. The fourth-order valence-electron chi connectivity index (χ4n) is 4.84. The zero-order chi connectivity index (χ0) is 22.1. The number of alkyl carbamates (subject to hydrolysis) is 1. The Bertz CT molecular complexity index is 802. The third-order valence-electron chi connectivity index (χ3n) is 6.08. The van der Waals surface area contributed by atoms with Crippen LogP contribution in [0.1, 0.15) is 57.6 Å². The number of rotatable bonds is 3. The number of amides is 2. The molecule has 1 aliphatic heterocycles. The van der Waals surface area contributed by atoms with Crippen molar-refractivity contribution in [3.8, 4) is 11.5 Å². The number of hydrogen-bond acceptors (Lipinski definition) is 5. The quantitative estimate of drug-likeness (QED) is 0.786. The Labute approximate surface area is 178 Å². The van der Waals surface area contributed by atoms with Crippen LogP contribution in [0.2, 0.25) is 0 Å². The molecule has 0 radical (unpaired) electrons. The lowest BCUT2D eigenvalue weighted by Crippen LogP contribution is -2.45. The molecule has 1 heterocycles. The summed E-state index contributed by atoms with van der Waals surface area (Å²) in [5.74, 6) is 1.71. The van der Waals surface area contributed by atoms with E-state index in [9.17, 15) is 9.59 Å². The Morgan fingerprint density at radius 3 is 2.47 bits per heavy atom. The highest BCUT2D eigenvalue weighted by Gasteiger charge is 2.45. The molecule has 1 aromatic carbocycles. The molecule has 166 valence electrons. The van der Waals surface area contributed by atoms with Crippen LogP contribution in [-0.2, 0) is 16.0 Å². The first-order valence-corrected chi connectivity index (χ1v) is 10.6. The van der Waals surface area contributed by atoms with Crippen molar-refractivity contribution in [2.45, 2.75) is 64.5 Å². The van der Waals surface area contributed by atoms with Gasteiger partial charge in [0.25, 0.3) is 0 Å². The summed E-state index contributed by atoms with van der Waals surface area (Å²) in [6.45, 7) is 8.23. The van der Waals surface area contributed by atoms with E-state index in [0.717, 1.165) is 18.4 Å². The molecule has 0 aromatic heterocycles. The van der Waals surface area contributed by atoms with Gasteiger partial charge in [-0.1, -0.05) is 6.92 Å². The van der Waals surface area contributed by atoms with Gasteiger partial charge in [-0.15, -0.1) is 0 Å². The van der Waals surface area contributed by atoms with E-state index in [4.69, 9.17) is 14.2 Å². The zero-order valence-corrected chi connectivity index (χ0v) is 18.8. The normalized spacial score (nSPS) is 26.3. The lowest BCUT2D eigenvalue weighted by atomic mass is 9.82. The first-order valence-electron chi connectivity index (χ1n) is 10.6. The van der Waals surface area contributed by atoms with Crippen LogP contribution in [-0.4, -0.2) is 44.4 Å². The Morgan fingerprint density at radius 2 is 1.83 bits per heavy atom. The van der Waals surface area contributed by atoms with E-state index < -0.39 is 11.7 Å². The molecule has 1 aliphatic carbocycles. The van der Waals surface area contributed by atoms with E-state index in [0.29, 0.717) is 24.5 Å². The first kappa shape index (κ1) is 22.2. The first-order chi connectivity index (χ1) is 14.1. The highest BCUT2D eigenvalue weighted by atomic mass is 16.6. The van der Waals surface area contributed by atoms with Gasteiger partial charge >= 0.3 is 6.09 Å². The Morgan fingerprint density at radius 1 is 1.17 bits per heavy atom. The SMILES string of the molecule is COc1cc2c(cc1OC)[C@H]1C[C@H](C)[C@@H](NC(=O)OC(C)(C)C)[C@@H]1CC(=O)NCC2. The van der Waals surface area contributed by atoms with Gasteiger partial charge in [0.2, 0.25) is 5.91 Å². The molecule has 1 aromatic rings. The fraction of sp³-hybridized carbons (Fsp3) is 0.652. The molecule has 1 fully saturated rings. The van der Waals surface area contributed by atoms with Crippen molar-refractivity contribution in [1.29, 1.82) is 0 Å². The number of hydrogen-bond donors (Lipinski definition) is 2. The molecule has 4 atom stereocenters. The fourth-order valence-corrected chi connectivity index (χ4v) is 4.84. The maximum absolute atomic E-state index is 12.6. The van der Waals surface area contributed by atoms with Crippen molar-refractivity contribution in [3.63, 3.8) is 0 Å². The number of nitrogens with one attached hydrogen (secondary N) is 2. The summed E-state index contributed by atoms with van der Waals surface area (Å²) in [7, 11) is 3.26. The largest absolute Gasteiger partial charge is 0.493 e. The average molecular weight is 419 g/mol. The monoisotopic (exact) mass is 418 g/mol. The maximum Gasteiger partial charge on any atom is 0.407 e. The van der Waals surface area contributed by atoms with Gasteiger partial charge in [0.15, 0.2) is 11.5 Å². The number of carbonyl (C=O) groups excluding carboxylic acids is 2. The van der Waals surface area contributed by atoms with Crippen LogP contribution in [0.25, 0.3) is 0 Å². The van der Waals surface area contributed by atoms with Gasteiger partial charge in [-0.05, 0) is 74.6 Å². The number of methoxy groups -OCH3 is 2. The Kier molecular flexibility index (Phi) is 6.48. The molecule has 0 spiro atoms. The Hall–Kier alpha value is -2.44. The minimum atomic E-state index is -0.572. The Balaban J connectivity index is 1.97. The summed E-state index contributed by atoms with van der Waals surface area (Å²) in [4.78, 5) is 25.1. The maximum atomic E-state index is 12.6. The molecule has 1 saturated carbocycles. The smallest absolute Gasteiger partial charge is 0.407 e. The van der Waals surface area contributed by atoms with E-state index >= 15 is 0 Å². The topological polar surface area (TPSA) is 85.9 Å². The predicted molar refractivity (Wildman–Crippen MR) is 114 cm³/mol. The van der Waals surface area contributed by atoms with E-state index in [2.05, 4.69) is 17.6 Å². The van der Waals surface area contributed by atoms with Crippen molar-refractivity contribution in [2.75, 3.05) is 20.8 Å². The van der Waals surface area contributed by atoms with Crippen LogP contribution in [0.3, 0.4) is 0 Å². The second-order valence-corrected chi connectivity index (χ2v) is 9.37. The summed E-state index contributed by atoms with van der Waals surface area (Å²) in [6, 6.07) is 3.92. The summed E-state index contributed by atoms with van der Waals surface area (Å²) >= 11 is 0.